The fourth-order valence-corrected chi connectivity index (χ4v) is 2.52. The maximum absolute atomic E-state index is 12.4. The quantitative estimate of drug-likeness (QED) is 0.748. The Morgan fingerprint density at radius 1 is 1.08 bits per heavy atom. The minimum atomic E-state index is -0.267. The van der Waals surface area contributed by atoms with E-state index in [1.165, 1.54) is 6.33 Å². The van der Waals surface area contributed by atoms with Gasteiger partial charge in [0.25, 0.3) is 5.91 Å². The molecule has 0 atom stereocenters. The van der Waals surface area contributed by atoms with Crippen LogP contribution in [-0.2, 0) is 6.54 Å². The summed E-state index contributed by atoms with van der Waals surface area (Å²) in [6.45, 7) is 4.56. The molecule has 0 bridgehead atoms. The van der Waals surface area contributed by atoms with Crippen molar-refractivity contribution in [3.63, 3.8) is 0 Å². The van der Waals surface area contributed by atoms with Gasteiger partial charge in [0.15, 0.2) is 0 Å². The van der Waals surface area contributed by atoms with Gasteiger partial charge in [-0.3, -0.25) is 9.78 Å². The van der Waals surface area contributed by atoms with E-state index in [2.05, 4.69) is 31.7 Å². The van der Waals surface area contributed by atoms with E-state index < -0.39 is 0 Å². The zero-order valence-electron chi connectivity index (χ0n) is 14.2. The molecule has 1 amide bonds. The van der Waals surface area contributed by atoms with Gasteiger partial charge in [0.1, 0.15) is 17.8 Å². The number of amides is 1. The highest BCUT2D eigenvalue weighted by atomic mass is 16.1. The zero-order valence-corrected chi connectivity index (χ0v) is 14.2. The van der Waals surface area contributed by atoms with Crippen LogP contribution in [-0.4, -0.2) is 20.9 Å². The Balaban J connectivity index is 1.68. The Bertz CT molecular complexity index is 860. The minimum Gasteiger partial charge on any atom is -0.366 e. The number of rotatable bonds is 5. The number of carbonyl (C=O) groups is 1. The van der Waals surface area contributed by atoms with Gasteiger partial charge in [0.05, 0.1) is 0 Å². The van der Waals surface area contributed by atoms with Crippen LogP contribution >= 0.6 is 0 Å². The van der Waals surface area contributed by atoms with Gasteiger partial charge in [0.2, 0.25) is 0 Å². The van der Waals surface area contributed by atoms with E-state index in [0.717, 1.165) is 22.4 Å². The number of hydrogen-bond donors (Lipinski definition) is 2. The maximum atomic E-state index is 12.4. The summed E-state index contributed by atoms with van der Waals surface area (Å²) in [4.78, 5) is 24.7. The predicted molar refractivity (Wildman–Crippen MR) is 97.5 cm³/mol. The lowest BCUT2D eigenvalue weighted by atomic mass is 10.1. The van der Waals surface area contributed by atoms with Crippen LogP contribution in [0.5, 0.6) is 0 Å². The largest absolute Gasteiger partial charge is 0.366 e. The van der Waals surface area contributed by atoms with Crippen molar-refractivity contribution in [3.8, 4) is 0 Å². The van der Waals surface area contributed by atoms with Crippen LogP contribution in [0.25, 0.3) is 0 Å². The molecular formula is C19H19N5O. The van der Waals surface area contributed by atoms with Gasteiger partial charge in [-0.2, -0.15) is 0 Å². The van der Waals surface area contributed by atoms with E-state index in [9.17, 15) is 4.79 Å². The van der Waals surface area contributed by atoms with Crippen LogP contribution in [0.4, 0.5) is 11.5 Å². The maximum Gasteiger partial charge on any atom is 0.274 e. The second-order valence-corrected chi connectivity index (χ2v) is 5.83. The fraction of sp³-hybridized carbons (Fsp3) is 0.158. The van der Waals surface area contributed by atoms with Crippen molar-refractivity contribution in [1.82, 2.24) is 15.0 Å². The SMILES string of the molecule is Cc1cc(C)cc(NC(=O)c2cc(NCc3cccnc3)ncn2)c1. The summed E-state index contributed by atoms with van der Waals surface area (Å²) >= 11 is 0. The summed E-state index contributed by atoms with van der Waals surface area (Å²) < 4.78 is 0. The first-order valence-electron chi connectivity index (χ1n) is 7.94. The number of aryl methyl sites for hydroxylation is 2. The van der Waals surface area contributed by atoms with Gasteiger partial charge in [0, 0.05) is 30.7 Å². The Morgan fingerprint density at radius 3 is 2.60 bits per heavy atom. The highest BCUT2D eigenvalue weighted by molar-refractivity contribution is 6.03. The van der Waals surface area contributed by atoms with Gasteiger partial charge < -0.3 is 10.6 Å². The van der Waals surface area contributed by atoms with Crippen LogP contribution in [0.15, 0.2) is 55.1 Å². The third-order valence-corrected chi connectivity index (χ3v) is 3.58. The summed E-state index contributed by atoms with van der Waals surface area (Å²) in [7, 11) is 0. The first-order chi connectivity index (χ1) is 12.1. The van der Waals surface area contributed by atoms with Crippen molar-refractivity contribution >= 4 is 17.4 Å². The summed E-state index contributed by atoms with van der Waals surface area (Å²) in [5, 5.41) is 6.04. The van der Waals surface area contributed by atoms with Gasteiger partial charge in [-0.15, -0.1) is 0 Å². The van der Waals surface area contributed by atoms with E-state index in [4.69, 9.17) is 0 Å². The number of carbonyl (C=O) groups excluding carboxylic acids is 1. The first kappa shape index (κ1) is 16.6. The molecule has 2 N–H and O–H groups in total. The van der Waals surface area contributed by atoms with Gasteiger partial charge in [-0.1, -0.05) is 12.1 Å². The van der Waals surface area contributed by atoms with Crippen molar-refractivity contribution < 1.29 is 4.79 Å². The molecule has 0 spiro atoms. The van der Waals surface area contributed by atoms with Crippen LogP contribution in [0.1, 0.15) is 27.2 Å². The predicted octanol–water partition coefficient (Wildman–Crippen LogP) is 3.35. The number of pyridine rings is 1. The molecule has 0 saturated heterocycles. The van der Waals surface area contributed by atoms with Crippen LogP contribution < -0.4 is 10.6 Å². The number of nitrogens with zero attached hydrogens (tertiary/aromatic N) is 3. The first-order valence-corrected chi connectivity index (χ1v) is 7.94. The Kier molecular flexibility index (Phi) is 4.99. The van der Waals surface area contributed by atoms with E-state index in [1.807, 2.05) is 38.1 Å². The van der Waals surface area contributed by atoms with Crippen LogP contribution in [0, 0.1) is 13.8 Å². The third-order valence-electron chi connectivity index (χ3n) is 3.58. The molecule has 6 nitrogen and oxygen atoms in total. The Hall–Kier alpha value is -3.28. The molecule has 0 aliphatic heterocycles. The van der Waals surface area contributed by atoms with E-state index in [1.54, 1.807) is 18.5 Å². The average molecular weight is 333 g/mol. The minimum absolute atomic E-state index is 0.267. The second kappa shape index (κ2) is 7.53. The lowest BCUT2D eigenvalue weighted by Gasteiger charge is -2.09. The second-order valence-electron chi connectivity index (χ2n) is 5.83. The highest BCUT2D eigenvalue weighted by Gasteiger charge is 2.10. The summed E-state index contributed by atoms with van der Waals surface area (Å²) in [6.07, 6.45) is 4.88. The number of benzene rings is 1. The molecule has 2 heterocycles. The third kappa shape index (κ3) is 4.60. The van der Waals surface area contributed by atoms with Crippen molar-refractivity contribution in [2.45, 2.75) is 20.4 Å². The number of aromatic nitrogens is 3. The lowest BCUT2D eigenvalue weighted by Crippen LogP contribution is -2.15. The molecule has 1 aromatic carbocycles. The summed E-state index contributed by atoms with van der Waals surface area (Å²) in [6, 6.07) is 11.4. The lowest BCUT2D eigenvalue weighted by molar-refractivity contribution is 0.102. The van der Waals surface area contributed by atoms with E-state index in [-0.39, 0.29) is 5.91 Å². The van der Waals surface area contributed by atoms with E-state index >= 15 is 0 Å². The summed E-state index contributed by atoms with van der Waals surface area (Å²) in [5.41, 5.74) is 4.28. The van der Waals surface area contributed by atoms with Gasteiger partial charge in [-0.05, 0) is 48.7 Å². The smallest absolute Gasteiger partial charge is 0.274 e. The number of nitrogens with one attached hydrogen (secondary N) is 2. The molecule has 25 heavy (non-hydrogen) atoms. The molecule has 0 aliphatic rings. The zero-order chi connectivity index (χ0) is 17.6. The molecule has 0 unspecified atom stereocenters. The monoisotopic (exact) mass is 333 g/mol. The van der Waals surface area contributed by atoms with Crippen molar-refractivity contribution in [1.29, 1.82) is 0 Å². The molecule has 3 aromatic rings. The Morgan fingerprint density at radius 2 is 1.88 bits per heavy atom. The highest BCUT2D eigenvalue weighted by Crippen LogP contribution is 2.15. The standard InChI is InChI=1S/C19H19N5O/c1-13-6-14(2)8-16(7-13)24-19(25)17-9-18(23-12-22-17)21-11-15-4-3-5-20-10-15/h3-10,12H,11H2,1-2H3,(H,24,25)(H,21,22,23). The Labute approximate surface area is 146 Å². The van der Waals surface area contributed by atoms with E-state index in [0.29, 0.717) is 18.1 Å². The molecule has 0 radical (unpaired) electrons. The molecule has 0 saturated carbocycles. The van der Waals surface area contributed by atoms with Crippen LogP contribution in [0.2, 0.25) is 0 Å². The topological polar surface area (TPSA) is 79.8 Å². The average Bonchev–Trinajstić information content (AvgIpc) is 2.60. The van der Waals surface area contributed by atoms with Crippen LogP contribution in [0.3, 0.4) is 0 Å². The van der Waals surface area contributed by atoms with Crippen molar-refractivity contribution in [2.24, 2.45) is 0 Å². The molecule has 3 rings (SSSR count). The number of anilines is 2. The molecule has 0 fully saturated rings. The molecule has 126 valence electrons. The van der Waals surface area contributed by atoms with Gasteiger partial charge in [-0.25, -0.2) is 9.97 Å². The van der Waals surface area contributed by atoms with Gasteiger partial charge >= 0.3 is 0 Å². The molecule has 2 aromatic heterocycles. The fourth-order valence-electron chi connectivity index (χ4n) is 2.52. The molecule has 0 aliphatic carbocycles. The van der Waals surface area contributed by atoms with Crippen molar-refractivity contribution in [2.75, 3.05) is 10.6 Å². The summed E-state index contributed by atoms with van der Waals surface area (Å²) in [5.74, 6) is 0.321. The normalized spacial score (nSPS) is 10.3. The molecule has 6 heteroatoms. The molecular weight excluding hydrogens is 314 g/mol. The van der Waals surface area contributed by atoms with Crippen molar-refractivity contribution in [3.05, 3.63) is 77.5 Å². The number of hydrogen-bond acceptors (Lipinski definition) is 5.